The number of aromatic amines is 1. The third-order valence-corrected chi connectivity index (χ3v) is 6.57. The van der Waals surface area contributed by atoms with E-state index < -0.39 is 0 Å². The predicted octanol–water partition coefficient (Wildman–Crippen LogP) is 5.85. The Kier molecular flexibility index (Phi) is 9.38. The van der Waals surface area contributed by atoms with Crippen molar-refractivity contribution in [2.75, 3.05) is 26.2 Å². The predicted molar refractivity (Wildman–Crippen MR) is 148 cm³/mol. The molecule has 0 aliphatic carbocycles. The lowest BCUT2D eigenvalue weighted by Crippen LogP contribution is -2.45. The van der Waals surface area contributed by atoms with E-state index in [-0.39, 0.29) is 30.8 Å². The van der Waals surface area contributed by atoms with E-state index in [1.165, 1.54) is 17.0 Å². The van der Waals surface area contributed by atoms with Crippen molar-refractivity contribution in [2.24, 2.45) is 0 Å². The Morgan fingerprint density at radius 1 is 0.921 bits per heavy atom. The monoisotopic (exact) mass is 535 g/mol. The highest BCUT2D eigenvalue weighted by Crippen LogP contribution is 2.19. The van der Waals surface area contributed by atoms with Crippen molar-refractivity contribution >= 4 is 34.3 Å². The molecule has 0 unspecified atom stereocenters. The van der Waals surface area contributed by atoms with Crippen molar-refractivity contribution in [2.45, 2.75) is 26.3 Å². The number of H-pyrrole nitrogens is 1. The largest absolute Gasteiger partial charge is 0.484 e. The van der Waals surface area contributed by atoms with E-state index in [1.807, 2.05) is 31.3 Å². The van der Waals surface area contributed by atoms with Crippen LogP contribution in [0.4, 0.5) is 4.39 Å². The summed E-state index contributed by atoms with van der Waals surface area (Å²) >= 11 is 5.91. The van der Waals surface area contributed by atoms with Crippen LogP contribution in [0.2, 0.25) is 5.02 Å². The number of aromatic nitrogens is 1. The van der Waals surface area contributed by atoms with Crippen LogP contribution in [-0.2, 0) is 22.6 Å². The third-order valence-electron chi connectivity index (χ3n) is 6.31. The summed E-state index contributed by atoms with van der Waals surface area (Å²) in [5.74, 6) is -0.246. The molecule has 0 atom stereocenters. The number of nitrogens with zero attached hydrogens (tertiary/aromatic N) is 2. The molecule has 0 aliphatic heterocycles. The Balaban J connectivity index is 1.45. The molecule has 4 rings (SSSR count). The van der Waals surface area contributed by atoms with Crippen molar-refractivity contribution in [1.29, 1.82) is 0 Å². The Morgan fingerprint density at radius 3 is 2.39 bits per heavy atom. The first-order chi connectivity index (χ1) is 18.4. The SMILES string of the molecule is CCCN(CC(=O)N(CCc1c[nH]c2ccccc12)Cc1ccc(F)cc1)C(=O)COc1ccc(Cl)cc1. The summed E-state index contributed by atoms with van der Waals surface area (Å²) in [4.78, 5) is 33.0. The number of carbonyl (C=O) groups is 2. The molecular weight excluding hydrogens is 505 g/mol. The molecule has 3 aromatic carbocycles. The first kappa shape index (κ1) is 27.2. The number of benzene rings is 3. The molecule has 0 fully saturated rings. The number of ether oxygens (including phenoxy) is 1. The number of nitrogens with one attached hydrogen (secondary N) is 1. The number of carbonyl (C=O) groups excluding carboxylic acids is 2. The van der Waals surface area contributed by atoms with Gasteiger partial charge in [-0.1, -0.05) is 48.9 Å². The van der Waals surface area contributed by atoms with Gasteiger partial charge in [-0.15, -0.1) is 0 Å². The molecule has 1 N–H and O–H groups in total. The van der Waals surface area contributed by atoms with Gasteiger partial charge in [0.1, 0.15) is 11.6 Å². The van der Waals surface area contributed by atoms with Gasteiger partial charge in [0, 0.05) is 41.8 Å². The average Bonchev–Trinajstić information content (AvgIpc) is 3.34. The van der Waals surface area contributed by atoms with Crippen molar-refractivity contribution in [3.63, 3.8) is 0 Å². The summed E-state index contributed by atoms with van der Waals surface area (Å²) in [6.45, 7) is 2.91. The zero-order valence-corrected chi connectivity index (χ0v) is 22.1. The molecule has 1 heterocycles. The summed E-state index contributed by atoms with van der Waals surface area (Å²) in [6.07, 6.45) is 3.30. The number of fused-ring (bicyclic) bond motifs is 1. The van der Waals surface area contributed by atoms with Gasteiger partial charge in [-0.2, -0.15) is 0 Å². The van der Waals surface area contributed by atoms with Crippen molar-refractivity contribution in [1.82, 2.24) is 14.8 Å². The van der Waals surface area contributed by atoms with Gasteiger partial charge in [-0.05, 0) is 66.4 Å². The fraction of sp³-hybridized carbons (Fsp3) is 0.267. The van der Waals surface area contributed by atoms with Crippen LogP contribution in [0.15, 0.2) is 79.0 Å². The van der Waals surface area contributed by atoms with E-state index >= 15 is 0 Å². The van der Waals surface area contributed by atoms with Gasteiger partial charge in [0.05, 0.1) is 6.54 Å². The topological polar surface area (TPSA) is 65.6 Å². The Labute approximate surface area is 227 Å². The van der Waals surface area contributed by atoms with Gasteiger partial charge in [0.2, 0.25) is 5.91 Å². The molecule has 0 saturated heterocycles. The minimum atomic E-state index is -0.328. The van der Waals surface area contributed by atoms with E-state index in [4.69, 9.17) is 16.3 Å². The fourth-order valence-electron chi connectivity index (χ4n) is 4.29. The molecule has 198 valence electrons. The molecule has 0 radical (unpaired) electrons. The molecule has 2 amide bonds. The number of hydrogen-bond acceptors (Lipinski definition) is 3. The summed E-state index contributed by atoms with van der Waals surface area (Å²) < 4.78 is 19.1. The third kappa shape index (κ3) is 7.35. The van der Waals surface area contributed by atoms with Gasteiger partial charge < -0.3 is 19.5 Å². The van der Waals surface area contributed by atoms with Gasteiger partial charge in [-0.25, -0.2) is 4.39 Å². The fourth-order valence-corrected chi connectivity index (χ4v) is 4.41. The molecule has 6 nitrogen and oxygen atoms in total. The number of para-hydroxylation sites is 1. The number of rotatable bonds is 12. The standard InChI is InChI=1S/C30H31ClFN3O3/c1-2-16-34(30(37)21-38-26-13-9-24(31)10-14-26)20-29(36)35(19-22-7-11-25(32)12-8-22)17-15-23-18-33-28-6-4-3-5-27(23)28/h3-14,18,33H,2,15-17,19-21H2,1H3. The van der Waals surface area contributed by atoms with Crippen molar-refractivity contribution in [3.05, 3.63) is 101 Å². The highest BCUT2D eigenvalue weighted by Gasteiger charge is 2.22. The van der Waals surface area contributed by atoms with Crippen LogP contribution in [0.25, 0.3) is 10.9 Å². The lowest BCUT2D eigenvalue weighted by atomic mass is 10.1. The minimum Gasteiger partial charge on any atom is -0.484 e. The lowest BCUT2D eigenvalue weighted by molar-refractivity contribution is -0.142. The van der Waals surface area contributed by atoms with Crippen LogP contribution in [0.1, 0.15) is 24.5 Å². The Hall–Kier alpha value is -3.84. The quantitative estimate of drug-likeness (QED) is 0.247. The number of amides is 2. The molecule has 0 spiro atoms. The Morgan fingerprint density at radius 2 is 1.66 bits per heavy atom. The van der Waals surface area contributed by atoms with Gasteiger partial charge in [0.15, 0.2) is 6.61 Å². The smallest absolute Gasteiger partial charge is 0.260 e. The number of hydrogen-bond donors (Lipinski definition) is 1. The zero-order valence-electron chi connectivity index (χ0n) is 21.3. The summed E-state index contributed by atoms with van der Waals surface area (Å²) in [5.41, 5.74) is 2.97. The maximum Gasteiger partial charge on any atom is 0.260 e. The van der Waals surface area contributed by atoms with Crippen LogP contribution in [0, 0.1) is 5.82 Å². The second-order valence-corrected chi connectivity index (χ2v) is 9.55. The van der Waals surface area contributed by atoms with Crippen LogP contribution >= 0.6 is 11.6 Å². The van der Waals surface area contributed by atoms with Gasteiger partial charge >= 0.3 is 0 Å². The van der Waals surface area contributed by atoms with Crippen molar-refractivity contribution in [3.8, 4) is 5.75 Å². The van der Waals surface area contributed by atoms with E-state index in [9.17, 15) is 14.0 Å². The minimum absolute atomic E-state index is 0.0638. The van der Waals surface area contributed by atoms with E-state index in [0.29, 0.717) is 43.2 Å². The van der Waals surface area contributed by atoms with Gasteiger partial charge in [-0.3, -0.25) is 9.59 Å². The molecule has 1 aromatic heterocycles. The summed E-state index contributed by atoms with van der Waals surface area (Å²) in [5, 5.41) is 1.69. The maximum atomic E-state index is 13.5. The Bertz CT molecular complexity index is 1360. The molecule has 4 aromatic rings. The van der Waals surface area contributed by atoms with Crippen LogP contribution in [0.5, 0.6) is 5.75 Å². The normalized spacial score (nSPS) is 10.9. The molecule has 8 heteroatoms. The molecule has 0 aliphatic rings. The first-order valence-electron chi connectivity index (χ1n) is 12.7. The second-order valence-electron chi connectivity index (χ2n) is 9.11. The van der Waals surface area contributed by atoms with E-state index in [0.717, 1.165) is 22.0 Å². The molecule has 0 bridgehead atoms. The van der Waals surface area contributed by atoms with Gasteiger partial charge in [0.25, 0.3) is 5.91 Å². The van der Waals surface area contributed by atoms with Crippen LogP contribution < -0.4 is 4.74 Å². The lowest BCUT2D eigenvalue weighted by Gasteiger charge is -2.28. The molecular formula is C30H31ClFN3O3. The average molecular weight is 536 g/mol. The molecule has 0 saturated carbocycles. The first-order valence-corrected chi connectivity index (χ1v) is 13.0. The molecule has 38 heavy (non-hydrogen) atoms. The van der Waals surface area contributed by atoms with Crippen LogP contribution in [0.3, 0.4) is 0 Å². The second kappa shape index (κ2) is 13.1. The van der Waals surface area contributed by atoms with Crippen LogP contribution in [-0.4, -0.2) is 52.8 Å². The zero-order chi connectivity index (χ0) is 26.9. The van der Waals surface area contributed by atoms with E-state index in [2.05, 4.69) is 11.1 Å². The van der Waals surface area contributed by atoms with E-state index in [1.54, 1.807) is 41.3 Å². The highest BCUT2D eigenvalue weighted by molar-refractivity contribution is 6.30. The summed E-state index contributed by atoms with van der Waals surface area (Å²) in [6, 6.07) is 20.9. The van der Waals surface area contributed by atoms with Crippen molar-refractivity contribution < 1.29 is 18.7 Å². The summed E-state index contributed by atoms with van der Waals surface area (Å²) in [7, 11) is 0. The highest BCUT2D eigenvalue weighted by atomic mass is 35.5. The maximum absolute atomic E-state index is 13.5. The number of halogens is 2.